The summed E-state index contributed by atoms with van der Waals surface area (Å²) >= 11 is 0. The highest BCUT2D eigenvalue weighted by atomic mass is 16.5. The van der Waals surface area contributed by atoms with E-state index in [-0.39, 0.29) is 11.5 Å². The number of carbonyl (C=O) groups excluding carboxylic acids is 2. The van der Waals surface area contributed by atoms with Gasteiger partial charge in [-0.15, -0.1) is 0 Å². The van der Waals surface area contributed by atoms with Crippen molar-refractivity contribution in [1.29, 1.82) is 0 Å². The highest BCUT2D eigenvalue weighted by molar-refractivity contribution is 6.08. The maximum Gasteiger partial charge on any atom is 0.252 e. The number of benzene rings is 2. The number of anilines is 2. The molecule has 0 aliphatic heterocycles. The van der Waals surface area contributed by atoms with Gasteiger partial charge in [0.2, 0.25) is 5.91 Å². The van der Waals surface area contributed by atoms with E-state index in [0.717, 1.165) is 22.4 Å². The Kier molecular flexibility index (Phi) is 9.70. The number of aromatic nitrogens is 2. The fourth-order valence-corrected chi connectivity index (χ4v) is 4.71. The molecule has 2 aromatic heterocycles. The van der Waals surface area contributed by atoms with Gasteiger partial charge in [-0.2, -0.15) is 0 Å². The molecule has 10 heteroatoms. The Morgan fingerprint density at radius 3 is 2.41 bits per heavy atom. The number of nitrogens with one attached hydrogen (secondary N) is 2. The molecule has 0 radical (unpaired) electrons. The lowest BCUT2D eigenvalue weighted by molar-refractivity contribution is -0.122. The Balaban J connectivity index is 1.65. The highest BCUT2D eigenvalue weighted by Crippen LogP contribution is 2.38. The third kappa shape index (κ3) is 6.90. The van der Waals surface area contributed by atoms with E-state index >= 15 is 0 Å². The van der Waals surface area contributed by atoms with Crippen LogP contribution in [0, 0.1) is 0 Å². The Morgan fingerprint density at radius 1 is 1.00 bits per heavy atom. The number of primary amides is 1. The van der Waals surface area contributed by atoms with Gasteiger partial charge in [-0.1, -0.05) is 25.1 Å². The standard InChI is InChI=1S/C31H36N6O4/c1-4-21-20(17-36-31(39)24(32)13-19-9-8-12-34-16-19)10-7-11-25(21)37-29-22-14-27(40-5-2)28(41-6-3)15-26(22)35-18-23(29)30(33)38/h7-12,14-16,18,24H,4-6,13,17,32H2,1-3H3,(H2,33,38)(H,35,37)(H,36,39)/t24-/m0/s1. The van der Waals surface area contributed by atoms with Crippen LogP contribution in [-0.4, -0.2) is 41.0 Å². The number of pyridine rings is 2. The summed E-state index contributed by atoms with van der Waals surface area (Å²) in [5, 5.41) is 7.06. The number of nitrogens with zero attached hydrogens (tertiary/aromatic N) is 2. The first-order valence-electron chi connectivity index (χ1n) is 13.7. The van der Waals surface area contributed by atoms with Gasteiger partial charge in [-0.3, -0.25) is 19.6 Å². The molecular formula is C31H36N6O4. The van der Waals surface area contributed by atoms with Gasteiger partial charge in [-0.25, -0.2) is 0 Å². The van der Waals surface area contributed by atoms with Gasteiger partial charge in [0.15, 0.2) is 11.5 Å². The molecule has 2 amide bonds. The number of nitrogens with two attached hydrogens (primary N) is 2. The van der Waals surface area contributed by atoms with Crippen molar-refractivity contribution < 1.29 is 19.1 Å². The molecule has 0 saturated carbocycles. The van der Waals surface area contributed by atoms with E-state index in [4.69, 9.17) is 20.9 Å². The third-order valence-corrected chi connectivity index (χ3v) is 6.65. The highest BCUT2D eigenvalue weighted by Gasteiger charge is 2.19. The van der Waals surface area contributed by atoms with Crippen molar-refractivity contribution >= 4 is 34.1 Å². The summed E-state index contributed by atoms with van der Waals surface area (Å²) in [4.78, 5) is 33.8. The predicted octanol–water partition coefficient (Wildman–Crippen LogP) is 4.02. The monoisotopic (exact) mass is 556 g/mol. The lowest BCUT2D eigenvalue weighted by Crippen LogP contribution is -2.41. The summed E-state index contributed by atoms with van der Waals surface area (Å²) < 4.78 is 11.6. The number of amides is 2. The van der Waals surface area contributed by atoms with E-state index in [1.807, 2.05) is 57.2 Å². The van der Waals surface area contributed by atoms with Crippen LogP contribution in [-0.2, 0) is 24.2 Å². The second-order valence-corrected chi connectivity index (χ2v) is 9.40. The van der Waals surface area contributed by atoms with Crippen LogP contribution in [0.1, 0.15) is 47.8 Å². The Labute approximate surface area is 239 Å². The van der Waals surface area contributed by atoms with Crippen molar-refractivity contribution in [3.05, 3.63) is 83.3 Å². The first kappa shape index (κ1) is 29.3. The van der Waals surface area contributed by atoms with Gasteiger partial charge in [0.05, 0.1) is 36.0 Å². The van der Waals surface area contributed by atoms with Crippen LogP contribution < -0.4 is 31.6 Å². The zero-order valence-electron chi connectivity index (χ0n) is 23.6. The van der Waals surface area contributed by atoms with Crippen LogP contribution >= 0.6 is 0 Å². The number of ether oxygens (including phenoxy) is 2. The number of rotatable bonds is 13. The summed E-state index contributed by atoms with van der Waals surface area (Å²) in [5.74, 6) is 0.251. The predicted molar refractivity (Wildman–Crippen MR) is 159 cm³/mol. The van der Waals surface area contributed by atoms with Crippen LogP contribution in [0.4, 0.5) is 11.4 Å². The molecule has 4 aromatic rings. The molecule has 2 heterocycles. The number of fused-ring (bicyclic) bond motifs is 1. The lowest BCUT2D eigenvalue weighted by Gasteiger charge is -2.20. The fraction of sp³-hybridized carbons (Fsp3) is 0.290. The molecule has 0 unspecified atom stereocenters. The van der Waals surface area contributed by atoms with Crippen LogP contribution in [0.5, 0.6) is 11.5 Å². The molecule has 0 bridgehead atoms. The van der Waals surface area contributed by atoms with Crippen molar-refractivity contribution in [2.75, 3.05) is 18.5 Å². The largest absolute Gasteiger partial charge is 0.490 e. The van der Waals surface area contributed by atoms with E-state index in [1.54, 1.807) is 18.5 Å². The maximum atomic E-state index is 12.8. The molecule has 10 nitrogen and oxygen atoms in total. The average molecular weight is 557 g/mol. The second kappa shape index (κ2) is 13.6. The molecule has 6 N–H and O–H groups in total. The minimum atomic E-state index is -0.701. The Bertz CT molecular complexity index is 1530. The minimum Gasteiger partial charge on any atom is -0.490 e. The molecule has 0 spiro atoms. The summed E-state index contributed by atoms with van der Waals surface area (Å²) in [7, 11) is 0. The van der Waals surface area contributed by atoms with Gasteiger partial charge in [0.25, 0.3) is 5.91 Å². The molecule has 0 aliphatic rings. The van der Waals surface area contributed by atoms with Crippen molar-refractivity contribution in [2.24, 2.45) is 11.5 Å². The first-order valence-corrected chi connectivity index (χ1v) is 13.7. The van der Waals surface area contributed by atoms with E-state index in [0.29, 0.717) is 60.7 Å². The number of carbonyl (C=O) groups is 2. The van der Waals surface area contributed by atoms with Crippen molar-refractivity contribution in [2.45, 2.75) is 46.2 Å². The molecule has 4 rings (SSSR count). The fourth-order valence-electron chi connectivity index (χ4n) is 4.71. The van der Waals surface area contributed by atoms with E-state index in [9.17, 15) is 9.59 Å². The van der Waals surface area contributed by atoms with Gasteiger partial charge in [0.1, 0.15) is 0 Å². The maximum absolute atomic E-state index is 12.8. The van der Waals surface area contributed by atoms with E-state index in [2.05, 4.69) is 20.6 Å². The summed E-state index contributed by atoms with van der Waals surface area (Å²) in [6, 6.07) is 12.4. The second-order valence-electron chi connectivity index (χ2n) is 9.40. The molecule has 0 saturated heterocycles. The molecule has 41 heavy (non-hydrogen) atoms. The summed E-state index contributed by atoms with van der Waals surface area (Å²) in [6.07, 6.45) is 5.91. The van der Waals surface area contributed by atoms with E-state index in [1.165, 1.54) is 6.20 Å². The molecule has 2 aromatic carbocycles. The smallest absolute Gasteiger partial charge is 0.252 e. The zero-order chi connectivity index (χ0) is 29.4. The Morgan fingerprint density at radius 2 is 1.76 bits per heavy atom. The molecule has 214 valence electrons. The van der Waals surface area contributed by atoms with Gasteiger partial charge in [-0.05, 0) is 61.6 Å². The minimum absolute atomic E-state index is 0.242. The first-order chi connectivity index (χ1) is 19.9. The molecule has 1 atom stereocenters. The van der Waals surface area contributed by atoms with Crippen LogP contribution in [0.3, 0.4) is 0 Å². The zero-order valence-corrected chi connectivity index (χ0v) is 23.6. The quantitative estimate of drug-likeness (QED) is 0.193. The van der Waals surface area contributed by atoms with Gasteiger partial charge >= 0.3 is 0 Å². The van der Waals surface area contributed by atoms with Crippen LogP contribution in [0.25, 0.3) is 10.9 Å². The van der Waals surface area contributed by atoms with Gasteiger partial charge in [0, 0.05) is 42.3 Å². The summed E-state index contributed by atoms with van der Waals surface area (Å²) in [5.41, 5.74) is 16.9. The number of hydrogen-bond donors (Lipinski definition) is 4. The van der Waals surface area contributed by atoms with Crippen molar-refractivity contribution in [1.82, 2.24) is 15.3 Å². The third-order valence-electron chi connectivity index (χ3n) is 6.65. The van der Waals surface area contributed by atoms with Crippen molar-refractivity contribution in [3.8, 4) is 11.5 Å². The van der Waals surface area contributed by atoms with E-state index < -0.39 is 11.9 Å². The average Bonchev–Trinajstić information content (AvgIpc) is 2.97. The van der Waals surface area contributed by atoms with Crippen LogP contribution in [0.2, 0.25) is 0 Å². The Hall–Kier alpha value is -4.70. The normalized spacial score (nSPS) is 11.6. The molecule has 0 fully saturated rings. The molecular weight excluding hydrogens is 520 g/mol. The topological polar surface area (TPSA) is 154 Å². The summed E-state index contributed by atoms with van der Waals surface area (Å²) in [6.45, 7) is 7.02. The van der Waals surface area contributed by atoms with Crippen LogP contribution in [0.15, 0.2) is 61.1 Å². The molecule has 0 aliphatic carbocycles. The number of hydrogen-bond acceptors (Lipinski definition) is 8. The van der Waals surface area contributed by atoms with Crippen molar-refractivity contribution in [3.63, 3.8) is 0 Å². The lowest BCUT2D eigenvalue weighted by atomic mass is 10.0. The van der Waals surface area contributed by atoms with Gasteiger partial charge < -0.3 is 31.6 Å². The SMILES string of the molecule is CCOc1cc2ncc(C(N)=O)c(Nc3cccc(CNC(=O)[C@@H](N)Cc4cccnc4)c3CC)c2cc1OCC.